The molecule has 0 spiro atoms. The number of ketones is 1. The number of ether oxygens (including phenoxy) is 1. The van der Waals surface area contributed by atoms with Gasteiger partial charge in [0.15, 0.2) is 5.78 Å². The summed E-state index contributed by atoms with van der Waals surface area (Å²) in [4.78, 5) is 31.7. The second-order valence-electron chi connectivity index (χ2n) is 8.38. The first-order valence-corrected chi connectivity index (χ1v) is 11.2. The summed E-state index contributed by atoms with van der Waals surface area (Å²) in [6.07, 6.45) is 9.14. The third-order valence-electron chi connectivity index (χ3n) is 6.13. The fourth-order valence-electron chi connectivity index (χ4n) is 4.24. The van der Waals surface area contributed by atoms with Crippen LogP contribution in [0.2, 0.25) is 0 Å². The predicted molar refractivity (Wildman–Crippen MR) is 127 cm³/mol. The third kappa shape index (κ3) is 4.04. The Kier molecular flexibility index (Phi) is 5.50. The zero-order valence-electron chi connectivity index (χ0n) is 19.0. The summed E-state index contributed by atoms with van der Waals surface area (Å²) in [7, 11) is 1.97. The monoisotopic (exact) mass is 442 g/mol. The Morgan fingerprint density at radius 3 is 2.58 bits per heavy atom. The van der Waals surface area contributed by atoms with Crippen LogP contribution in [-0.2, 0) is 13.5 Å². The Labute approximate surface area is 192 Å². The molecule has 3 aromatic heterocycles. The number of carbonyl (C=O) groups is 1. The van der Waals surface area contributed by atoms with E-state index in [4.69, 9.17) is 4.74 Å². The lowest BCUT2D eigenvalue weighted by molar-refractivity contribution is 0.101. The molecule has 8 heteroatoms. The Morgan fingerprint density at radius 1 is 1.12 bits per heavy atom. The molecule has 1 aromatic carbocycles. The minimum atomic E-state index is -0.00856. The molecule has 168 valence electrons. The summed E-state index contributed by atoms with van der Waals surface area (Å²) in [5, 5.41) is 0. The molecule has 0 amide bonds. The summed E-state index contributed by atoms with van der Waals surface area (Å²) >= 11 is 0. The van der Waals surface area contributed by atoms with Crippen LogP contribution in [0.15, 0.2) is 49.2 Å². The zero-order valence-corrected chi connectivity index (χ0v) is 19.0. The first-order valence-electron chi connectivity index (χ1n) is 11.2. The first-order chi connectivity index (χ1) is 16.0. The lowest BCUT2D eigenvalue weighted by Crippen LogP contribution is -2.26. The quantitative estimate of drug-likeness (QED) is 0.419. The fraction of sp³-hybridized carbons (Fsp3) is 0.320. The summed E-state index contributed by atoms with van der Waals surface area (Å²) < 4.78 is 8.35. The van der Waals surface area contributed by atoms with Crippen LogP contribution < -0.4 is 9.64 Å². The van der Waals surface area contributed by atoms with Crippen molar-refractivity contribution in [2.24, 2.45) is 7.05 Å². The number of fused-ring (bicyclic) bond motifs is 1. The van der Waals surface area contributed by atoms with E-state index in [0.29, 0.717) is 18.0 Å². The number of aromatic nitrogens is 5. The molecule has 0 saturated carbocycles. The number of hydrogen-bond acceptors (Lipinski definition) is 7. The van der Waals surface area contributed by atoms with Crippen LogP contribution in [0.4, 0.5) is 5.95 Å². The lowest BCUT2D eigenvalue weighted by Gasteiger charge is -2.17. The van der Waals surface area contributed by atoms with Crippen molar-refractivity contribution < 1.29 is 9.53 Å². The van der Waals surface area contributed by atoms with Crippen LogP contribution >= 0.6 is 0 Å². The number of hydrogen-bond donors (Lipinski definition) is 0. The third-order valence-corrected chi connectivity index (χ3v) is 6.13. The molecule has 0 aliphatic carbocycles. The number of rotatable bonds is 6. The van der Waals surface area contributed by atoms with Gasteiger partial charge in [0, 0.05) is 49.7 Å². The Morgan fingerprint density at radius 2 is 1.88 bits per heavy atom. The van der Waals surface area contributed by atoms with Gasteiger partial charge < -0.3 is 14.2 Å². The van der Waals surface area contributed by atoms with Gasteiger partial charge >= 0.3 is 0 Å². The Hall–Kier alpha value is -3.81. The van der Waals surface area contributed by atoms with Crippen LogP contribution in [0.25, 0.3) is 22.2 Å². The summed E-state index contributed by atoms with van der Waals surface area (Å²) in [5.74, 6) is 1.36. The molecular weight excluding hydrogens is 416 g/mol. The van der Waals surface area contributed by atoms with Gasteiger partial charge in [-0.15, -0.1) is 0 Å². The topological polar surface area (TPSA) is 86.0 Å². The predicted octanol–water partition coefficient (Wildman–Crippen LogP) is 3.85. The van der Waals surface area contributed by atoms with Crippen molar-refractivity contribution in [3.8, 4) is 17.0 Å². The maximum atomic E-state index is 11.6. The standard InChI is InChI=1S/C25H26N6O2/c1-4-17-11-26-25(27-12-17)31-10-9-20(13-31)33-24-23-22(28-15-29-24)21(14-30(23)3)19-7-5-18(6-8-19)16(2)32/h5-8,11-12,14-15,20H,4,9-10,13H2,1-3H3. The normalized spacial score (nSPS) is 15.8. The van der Waals surface area contributed by atoms with Crippen molar-refractivity contribution in [1.29, 1.82) is 0 Å². The number of nitrogens with zero attached hydrogens (tertiary/aromatic N) is 6. The molecule has 1 fully saturated rings. The Bertz CT molecular complexity index is 1300. The molecule has 0 N–H and O–H groups in total. The molecular formula is C25H26N6O2. The molecule has 5 rings (SSSR count). The van der Waals surface area contributed by atoms with Crippen molar-refractivity contribution in [3.05, 3.63) is 60.3 Å². The second kappa shape index (κ2) is 8.61. The van der Waals surface area contributed by atoms with E-state index >= 15 is 0 Å². The number of benzene rings is 1. The second-order valence-corrected chi connectivity index (χ2v) is 8.38. The maximum Gasteiger partial charge on any atom is 0.242 e. The number of carbonyl (C=O) groups excluding carboxylic acids is 1. The molecule has 33 heavy (non-hydrogen) atoms. The van der Waals surface area contributed by atoms with Gasteiger partial charge in [0.2, 0.25) is 11.8 Å². The van der Waals surface area contributed by atoms with E-state index in [2.05, 4.69) is 31.8 Å². The summed E-state index contributed by atoms with van der Waals surface area (Å²) in [5.41, 5.74) is 5.47. The maximum absolute atomic E-state index is 11.6. The van der Waals surface area contributed by atoms with Crippen molar-refractivity contribution in [3.63, 3.8) is 0 Å². The average molecular weight is 443 g/mol. The Balaban J connectivity index is 1.38. The highest BCUT2D eigenvalue weighted by atomic mass is 16.5. The van der Waals surface area contributed by atoms with E-state index in [-0.39, 0.29) is 11.9 Å². The van der Waals surface area contributed by atoms with Crippen molar-refractivity contribution in [2.75, 3.05) is 18.0 Å². The molecule has 1 saturated heterocycles. The van der Waals surface area contributed by atoms with Gasteiger partial charge in [0.05, 0.1) is 6.54 Å². The number of aryl methyl sites for hydroxylation is 2. The molecule has 4 aromatic rings. The van der Waals surface area contributed by atoms with Gasteiger partial charge in [-0.1, -0.05) is 31.2 Å². The SMILES string of the molecule is CCc1cnc(N2CCC(Oc3ncnc4c(-c5ccc(C(C)=O)cc5)cn(C)c34)C2)nc1. The van der Waals surface area contributed by atoms with Gasteiger partial charge in [-0.2, -0.15) is 4.98 Å². The van der Waals surface area contributed by atoms with Gasteiger partial charge in [-0.05, 0) is 24.5 Å². The first kappa shape index (κ1) is 21.1. The van der Waals surface area contributed by atoms with Gasteiger partial charge in [0.1, 0.15) is 23.5 Å². The van der Waals surface area contributed by atoms with E-state index in [1.165, 1.54) is 0 Å². The molecule has 1 atom stereocenters. The van der Waals surface area contributed by atoms with Crippen LogP contribution in [0.5, 0.6) is 5.88 Å². The highest BCUT2D eigenvalue weighted by Gasteiger charge is 2.27. The lowest BCUT2D eigenvalue weighted by atomic mass is 10.0. The molecule has 1 aliphatic rings. The average Bonchev–Trinajstić information content (AvgIpc) is 3.44. The minimum absolute atomic E-state index is 0.00856. The molecule has 4 heterocycles. The van der Waals surface area contributed by atoms with Crippen LogP contribution in [0.1, 0.15) is 36.2 Å². The van der Waals surface area contributed by atoms with E-state index in [0.717, 1.165) is 53.1 Å². The largest absolute Gasteiger partial charge is 0.471 e. The number of Topliss-reactive ketones (excluding diaryl/α,β-unsaturated/α-hetero) is 1. The summed E-state index contributed by atoms with van der Waals surface area (Å²) in [6.45, 7) is 5.21. The van der Waals surface area contributed by atoms with Crippen molar-refractivity contribution in [2.45, 2.75) is 32.8 Å². The van der Waals surface area contributed by atoms with Gasteiger partial charge in [-0.25, -0.2) is 15.0 Å². The van der Waals surface area contributed by atoms with Gasteiger partial charge in [-0.3, -0.25) is 4.79 Å². The molecule has 0 bridgehead atoms. The van der Waals surface area contributed by atoms with Gasteiger partial charge in [0.25, 0.3) is 0 Å². The molecule has 1 aliphatic heterocycles. The fourth-order valence-corrected chi connectivity index (χ4v) is 4.24. The van der Waals surface area contributed by atoms with E-state index in [1.807, 2.05) is 54.5 Å². The number of anilines is 1. The summed E-state index contributed by atoms with van der Waals surface area (Å²) in [6, 6.07) is 7.59. The molecule has 0 radical (unpaired) electrons. The molecule has 1 unspecified atom stereocenters. The van der Waals surface area contributed by atoms with E-state index < -0.39 is 0 Å². The highest BCUT2D eigenvalue weighted by molar-refractivity contribution is 5.97. The van der Waals surface area contributed by atoms with E-state index in [9.17, 15) is 4.79 Å². The zero-order chi connectivity index (χ0) is 22.9. The van der Waals surface area contributed by atoms with E-state index in [1.54, 1.807) is 13.3 Å². The smallest absolute Gasteiger partial charge is 0.242 e. The molecule has 8 nitrogen and oxygen atoms in total. The van der Waals surface area contributed by atoms with Crippen LogP contribution in [0, 0.1) is 0 Å². The van der Waals surface area contributed by atoms with Crippen molar-refractivity contribution in [1.82, 2.24) is 24.5 Å². The van der Waals surface area contributed by atoms with Crippen LogP contribution in [-0.4, -0.2) is 49.5 Å². The highest BCUT2D eigenvalue weighted by Crippen LogP contribution is 2.33. The minimum Gasteiger partial charge on any atom is -0.471 e. The van der Waals surface area contributed by atoms with Crippen LogP contribution in [0.3, 0.4) is 0 Å². The van der Waals surface area contributed by atoms with Crippen molar-refractivity contribution >= 4 is 22.8 Å².